The minimum Gasteiger partial charge on any atom is -0.406 e. The summed E-state index contributed by atoms with van der Waals surface area (Å²) in [5, 5.41) is 2.99. The van der Waals surface area contributed by atoms with Gasteiger partial charge in [0.25, 0.3) is 0 Å². The molecule has 0 aromatic heterocycles. The van der Waals surface area contributed by atoms with Gasteiger partial charge >= 0.3 is 6.36 Å². The van der Waals surface area contributed by atoms with Crippen LogP contribution in [0.25, 0.3) is 0 Å². The highest BCUT2D eigenvalue weighted by molar-refractivity contribution is 5.80. The van der Waals surface area contributed by atoms with E-state index in [1.807, 2.05) is 0 Å². The van der Waals surface area contributed by atoms with Crippen molar-refractivity contribution in [1.29, 1.82) is 0 Å². The van der Waals surface area contributed by atoms with Crippen LogP contribution in [-0.4, -0.2) is 24.9 Å². The van der Waals surface area contributed by atoms with Crippen LogP contribution in [0.5, 0.6) is 5.75 Å². The van der Waals surface area contributed by atoms with Crippen molar-refractivity contribution in [2.24, 2.45) is 5.73 Å². The number of benzene rings is 1. The number of halogens is 3. The van der Waals surface area contributed by atoms with Crippen LogP contribution in [0.3, 0.4) is 0 Å². The third-order valence-electron chi connectivity index (χ3n) is 3.31. The predicted molar refractivity (Wildman–Crippen MR) is 66.1 cm³/mol. The van der Waals surface area contributed by atoms with Gasteiger partial charge in [-0.2, -0.15) is 0 Å². The van der Waals surface area contributed by atoms with Crippen molar-refractivity contribution in [3.05, 3.63) is 29.8 Å². The lowest BCUT2D eigenvalue weighted by Gasteiger charge is -2.28. The Labute approximate surface area is 114 Å². The molecular formula is C13H15F3N2O2. The van der Waals surface area contributed by atoms with Crippen molar-refractivity contribution in [3.8, 4) is 5.75 Å². The summed E-state index contributed by atoms with van der Waals surface area (Å²) < 4.78 is 40.5. The molecule has 110 valence electrons. The molecule has 2 rings (SSSR count). The van der Waals surface area contributed by atoms with Gasteiger partial charge in [-0.3, -0.25) is 4.79 Å². The van der Waals surface area contributed by atoms with Crippen molar-refractivity contribution in [3.63, 3.8) is 0 Å². The van der Waals surface area contributed by atoms with Gasteiger partial charge < -0.3 is 15.8 Å². The Morgan fingerprint density at radius 3 is 2.80 bits per heavy atom. The number of ether oxygens (including phenoxy) is 1. The first-order valence-electron chi connectivity index (χ1n) is 6.23. The smallest absolute Gasteiger partial charge is 0.406 e. The summed E-state index contributed by atoms with van der Waals surface area (Å²) in [7, 11) is 0. The average Bonchev–Trinajstić information content (AvgIpc) is 2.37. The zero-order chi connectivity index (χ0) is 14.8. The quantitative estimate of drug-likeness (QED) is 0.893. The number of amides is 1. The second-order valence-electron chi connectivity index (χ2n) is 4.75. The topological polar surface area (TPSA) is 64.4 Å². The molecule has 0 aliphatic carbocycles. The van der Waals surface area contributed by atoms with Crippen LogP contribution in [-0.2, 0) is 4.79 Å². The van der Waals surface area contributed by atoms with Crippen LogP contribution in [0.2, 0.25) is 0 Å². The SMILES string of the molecule is NC(=O)C1CC(c2cccc(OC(F)(F)F)c2)CCN1. The van der Waals surface area contributed by atoms with Crippen molar-refractivity contribution >= 4 is 5.91 Å². The summed E-state index contributed by atoms with van der Waals surface area (Å²) >= 11 is 0. The van der Waals surface area contributed by atoms with Gasteiger partial charge in [0.15, 0.2) is 0 Å². The Bertz CT molecular complexity index is 491. The first-order valence-corrected chi connectivity index (χ1v) is 6.23. The van der Waals surface area contributed by atoms with E-state index in [2.05, 4.69) is 10.1 Å². The fourth-order valence-electron chi connectivity index (χ4n) is 2.40. The number of hydrogen-bond donors (Lipinski definition) is 2. The normalized spacial score (nSPS) is 23.4. The van der Waals surface area contributed by atoms with Crippen LogP contribution < -0.4 is 15.8 Å². The van der Waals surface area contributed by atoms with E-state index in [1.165, 1.54) is 18.2 Å². The van der Waals surface area contributed by atoms with Crippen LogP contribution >= 0.6 is 0 Å². The van der Waals surface area contributed by atoms with E-state index in [0.717, 1.165) is 12.0 Å². The molecule has 0 spiro atoms. The fourth-order valence-corrected chi connectivity index (χ4v) is 2.40. The maximum Gasteiger partial charge on any atom is 0.573 e. The Morgan fingerprint density at radius 1 is 1.40 bits per heavy atom. The van der Waals surface area contributed by atoms with Gasteiger partial charge in [0.05, 0.1) is 6.04 Å². The third kappa shape index (κ3) is 3.86. The summed E-state index contributed by atoms with van der Waals surface area (Å²) in [6.07, 6.45) is -3.49. The van der Waals surface area contributed by atoms with Crippen LogP contribution in [0, 0.1) is 0 Å². The lowest BCUT2D eigenvalue weighted by molar-refractivity contribution is -0.274. The molecule has 2 unspecified atom stereocenters. The zero-order valence-corrected chi connectivity index (χ0v) is 10.6. The molecule has 1 aliphatic heterocycles. The second kappa shape index (κ2) is 5.70. The molecule has 1 fully saturated rings. The largest absolute Gasteiger partial charge is 0.573 e. The number of rotatable bonds is 3. The highest BCUT2D eigenvalue weighted by Gasteiger charge is 2.32. The predicted octanol–water partition coefficient (Wildman–Crippen LogP) is 1.91. The fraction of sp³-hybridized carbons (Fsp3) is 0.462. The first kappa shape index (κ1) is 14.6. The maximum absolute atomic E-state index is 12.2. The average molecular weight is 288 g/mol. The lowest BCUT2D eigenvalue weighted by Crippen LogP contribution is -2.46. The van der Waals surface area contributed by atoms with Gasteiger partial charge in [-0.05, 0) is 43.0 Å². The van der Waals surface area contributed by atoms with E-state index in [-0.39, 0.29) is 11.7 Å². The number of nitrogens with two attached hydrogens (primary N) is 1. The molecule has 1 aromatic carbocycles. The molecule has 3 N–H and O–H groups in total. The summed E-state index contributed by atoms with van der Waals surface area (Å²) in [4.78, 5) is 11.2. The van der Waals surface area contributed by atoms with Crippen LogP contribution in [0.1, 0.15) is 24.3 Å². The van der Waals surface area contributed by atoms with Crippen molar-refractivity contribution < 1.29 is 22.7 Å². The maximum atomic E-state index is 12.2. The van der Waals surface area contributed by atoms with Gasteiger partial charge in [-0.15, -0.1) is 13.2 Å². The molecule has 0 radical (unpaired) electrons. The molecule has 0 saturated carbocycles. The number of piperidine rings is 1. The van der Waals surface area contributed by atoms with E-state index in [4.69, 9.17) is 5.73 Å². The lowest BCUT2D eigenvalue weighted by atomic mass is 9.86. The van der Waals surface area contributed by atoms with Crippen molar-refractivity contribution in [1.82, 2.24) is 5.32 Å². The molecule has 7 heteroatoms. The summed E-state index contributed by atoms with van der Waals surface area (Å²) in [5.41, 5.74) is 5.97. The second-order valence-corrected chi connectivity index (χ2v) is 4.75. The van der Waals surface area contributed by atoms with Crippen LogP contribution in [0.15, 0.2) is 24.3 Å². The number of primary amides is 1. The van der Waals surface area contributed by atoms with Crippen molar-refractivity contribution in [2.75, 3.05) is 6.54 Å². The number of nitrogens with one attached hydrogen (secondary N) is 1. The van der Waals surface area contributed by atoms with E-state index in [9.17, 15) is 18.0 Å². The molecule has 1 amide bonds. The van der Waals surface area contributed by atoms with Crippen molar-refractivity contribution in [2.45, 2.75) is 31.2 Å². The molecule has 4 nitrogen and oxygen atoms in total. The molecule has 1 saturated heterocycles. The Balaban J connectivity index is 2.12. The molecule has 1 aromatic rings. The Hall–Kier alpha value is -1.76. The Kier molecular flexibility index (Phi) is 4.17. The summed E-state index contributed by atoms with van der Waals surface area (Å²) in [6.45, 7) is 0.600. The number of hydrogen-bond acceptors (Lipinski definition) is 3. The molecule has 1 heterocycles. The molecule has 2 atom stereocenters. The molecule has 1 aliphatic rings. The Morgan fingerprint density at radius 2 is 2.15 bits per heavy atom. The minimum atomic E-state index is -4.71. The molecule has 20 heavy (non-hydrogen) atoms. The standard InChI is InChI=1S/C13H15F3N2O2/c14-13(15,16)20-10-3-1-2-8(6-10)9-4-5-18-11(7-9)12(17)19/h1-3,6,9,11,18H,4-5,7H2,(H2,17,19). The van der Waals surface area contributed by atoms with E-state index in [1.54, 1.807) is 6.07 Å². The zero-order valence-electron chi connectivity index (χ0n) is 10.6. The summed E-state index contributed by atoms with van der Waals surface area (Å²) in [6, 6.07) is 5.42. The molecule has 0 bridgehead atoms. The highest BCUT2D eigenvalue weighted by atomic mass is 19.4. The molecular weight excluding hydrogens is 273 g/mol. The van der Waals surface area contributed by atoms with Gasteiger partial charge in [0.1, 0.15) is 5.75 Å². The first-order chi connectivity index (χ1) is 9.35. The number of carbonyl (C=O) groups is 1. The van der Waals surface area contributed by atoms with Crippen LogP contribution in [0.4, 0.5) is 13.2 Å². The monoisotopic (exact) mass is 288 g/mol. The van der Waals surface area contributed by atoms with Gasteiger partial charge in [-0.1, -0.05) is 12.1 Å². The van der Waals surface area contributed by atoms with E-state index in [0.29, 0.717) is 13.0 Å². The van der Waals surface area contributed by atoms with E-state index >= 15 is 0 Å². The highest BCUT2D eigenvalue weighted by Crippen LogP contribution is 2.31. The number of carbonyl (C=O) groups excluding carboxylic acids is 1. The van der Waals surface area contributed by atoms with Gasteiger partial charge in [0.2, 0.25) is 5.91 Å². The summed E-state index contributed by atoms with van der Waals surface area (Å²) in [5.74, 6) is -0.702. The number of alkyl halides is 3. The third-order valence-corrected chi connectivity index (χ3v) is 3.31. The van der Waals surface area contributed by atoms with E-state index < -0.39 is 18.3 Å². The van der Waals surface area contributed by atoms with Gasteiger partial charge in [0, 0.05) is 0 Å². The minimum absolute atomic E-state index is 0.00877. The van der Waals surface area contributed by atoms with Gasteiger partial charge in [-0.25, -0.2) is 0 Å².